The van der Waals surface area contributed by atoms with Gasteiger partial charge in [-0.1, -0.05) is 60.1 Å². The van der Waals surface area contributed by atoms with E-state index in [1.165, 1.54) is 0 Å². The molecule has 4 nitrogen and oxygen atoms in total. The predicted octanol–water partition coefficient (Wildman–Crippen LogP) is 6.43. The zero-order chi connectivity index (χ0) is 22.1. The van der Waals surface area contributed by atoms with Crippen molar-refractivity contribution in [3.8, 4) is 11.5 Å². The molecule has 0 atom stereocenters. The molecule has 0 saturated carbocycles. The standard InChI is InChI=1S/C25H23ClO4S/c1-2-29-20-10-8-19(9-11-20)22(18-6-4-3-5-7-18)14-15-31-24-13-12-21(16-23(24)26)30-17-25(27)28/h3-14,16H,2,15,17H2,1H3,(H,27,28). The minimum absolute atomic E-state index is 0.395. The molecule has 0 aromatic heterocycles. The number of carbonyl (C=O) groups is 1. The van der Waals surface area contributed by atoms with Gasteiger partial charge in [0.25, 0.3) is 0 Å². The Hall–Kier alpha value is -2.89. The molecule has 0 fully saturated rings. The molecule has 0 aliphatic rings. The fourth-order valence-corrected chi connectivity index (χ4v) is 4.09. The molecule has 1 N–H and O–H groups in total. The van der Waals surface area contributed by atoms with E-state index in [0.717, 1.165) is 27.3 Å². The van der Waals surface area contributed by atoms with Crippen LogP contribution in [0.3, 0.4) is 0 Å². The minimum Gasteiger partial charge on any atom is -0.494 e. The smallest absolute Gasteiger partial charge is 0.341 e. The first kappa shape index (κ1) is 22.8. The van der Waals surface area contributed by atoms with Gasteiger partial charge in [-0.2, -0.15) is 0 Å². The van der Waals surface area contributed by atoms with Gasteiger partial charge in [-0.05, 0) is 54.0 Å². The van der Waals surface area contributed by atoms with Crippen molar-refractivity contribution in [1.82, 2.24) is 0 Å². The Balaban J connectivity index is 1.76. The van der Waals surface area contributed by atoms with Crippen molar-refractivity contribution in [2.75, 3.05) is 19.0 Å². The summed E-state index contributed by atoms with van der Waals surface area (Å²) in [4.78, 5) is 11.5. The second-order valence-corrected chi connectivity index (χ2v) is 8.00. The SMILES string of the molecule is CCOc1ccc(C(=CCSc2ccc(OCC(=O)O)cc2Cl)c2ccccc2)cc1. The Morgan fingerprint density at radius 1 is 0.968 bits per heavy atom. The first-order chi connectivity index (χ1) is 15.1. The number of rotatable bonds is 10. The highest BCUT2D eigenvalue weighted by Crippen LogP contribution is 2.32. The number of benzene rings is 3. The number of hydrogen-bond acceptors (Lipinski definition) is 4. The fraction of sp³-hybridized carbons (Fsp3) is 0.160. The molecule has 0 bridgehead atoms. The highest BCUT2D eigenvalue weighted by atomic mass is 35.5. The zero-order valence-electron chi connectivity index (χ0n) is 17.1. The molecule has 0 spiro atoms. The van der Waals surface area contributed by atoms with Crippen LogP contribution in [0.2, 0.25) is 5.02 Å². The summed E-state index contributed by atoms with van der Waals surface area (Å²) < 4.78 is 10.7. The monoisotopic (exact) mass is 454 g/mol. The van der Waals surface area contributed by atoms with Crippen LogP contribution in [0, 0.1) is 0 Å². The Labute approximate surface area is 191 Å². The number of carboxylic acids is 1. The molecule has 0 amide bonds. The quantitative estimate of drug-likeness (QED) is 0.358. The van der Waals surface area contributed by atoms with Crippen LogP contribution in [-0.4, -0.2) is 30.0 Å². The zero-order valence-corrected chi connectivity index (χ0v) is 18.7. The van der Waals surface area contributed by atoms with Crippen LogP contribution < -0.4 is 9.47 Å². The lowest BCUT2D eigenvalue weighted by atomic mass is 9.98. The van der Waals surface area contributed by atoms with Gasteiger partial charge < -0.3 is 14.6 Å². The molecular weight excluding hydrogens is 432 g/mol. The second kappa shape index (κ2) is 11.5. The van der Waals surface area contributed by atoms with E-state index in [4.69, 9.17) is 26.2 Å². The number of hydrogen-bond donors (Lipinski definition) is 1. The molecule has 0 aliphatic heterocycles. The molecule has 0 aliphatic carbocycles. The number of halogens is 1. The topological polar surface area (TPSA) is 55.8 Å². The summed E-state index contributed by atoms with van der Waals surface area (Å²) in [5.41, 5.74) is 3.38. The fourth-order valence-electron chi connectivity index (χ4n) is 2.97. The van der Waals surface area contributed by atoms with Crippen molar-refractivity contribution in [2.24, 2.45) is 0 Å². The third kappa shape index (κ3) is 6.81. The molecule has 31 heavy (non-hydrogen) atoms. The van der Waals surface area contributed by atoms with Crippen molar-refractivity contribution in [1.29, 1.82) is 0 Å². The lowest BCUT2D eigenvalue weighted by Gasteiger charge is -2.11. The summed E-state index contributed by atoms with van der Waals surface area (Å²) in [6, 6.07) is 23.5. The summed E-state index contributed by atoms with van der Waals surface area (Å²) in [5, 5.41) is 9.25. The first-order valence-electron chi connectivity index (χ1n) is 9.82. The molecule has 0 radical (unpaired) electrons. The van der Waals surface area contributed by atoms with E-state index < -0.39 is 12.6 Å². The van der Waals surface area contributed by atoms with Crippen molar-refractivity contribution >= 4 is 34.9 Å². The Morgan fingerprint density at radius 2 is 1.65 bits per heavy atom. The highest BCUT2D eigenvalue weighted by Gasteiger charge is 2.08. The van der Waals surface area contributed by atoms with Gasteiger partial charge in [0.05, 0.1) is 11.6 Å². The van der Waals surface area contributed by atoms with Gasteiger partial charge in [0.2, 0.25) is 0 Å². The Morgan fingerprint density at radius 3 is 2.29 bits per heavy atom. The molecule has 160 valence electrons. The van der Waals surface area contributed by atoms with Crippen LogP contribution in [0.25, 0.3) is 5.57 Å². The van der Waals surface area contributed by atoms with E-state index in [1.807, 2.05) is 43.3 Å². The molecule has 3 aromatic carbocycles. The van der Waals surface area contributed by atoms with Crippen LogP contribution in [0.5, 0.6) is 11.5 Å². The second-order valence-electron chi connectivity index (χ2n) is 6.53. The van der Waals surface area contributed by atoms with Crippen molar-refractivity contribution in [2.45, 2.75) is 11.8 Å². The molecule has 0 saturated heterocycles. The maximum Gasteiger partial charge on any atom is 0.341 e. The van der Waals surface area contributed by atoms with E-state index in [-0.39, 0.29) is 0 Å². The molecule has 3 rings (SSSR count). The lowest BCUT2D eigenvalue weighted by Crippen LogP contribution is -2.09. The molecule has 0 unspecified atom stereocenters. The average Bonchev–Trinajstić information content (AvgIpc) is 2.78. The first-order valence-corrected chi connectivity index (χ1v) is 11.2. The van der Waals surface area contributed by atoms with E-state index in [1.54, 1.807) is 23.9 Å². The van der Waals surface area contributed by atoms with Crippen molar-refractivity contribution < 1.29 is 19.4 Å². The van der Waals surface area contributed by atoms with Crippen LogP contribution in [0.1, 0.15) is 18.1 Å². The lowest BCUT2D eigenvalue weighted by molar-refractivity contribution is -0.139. The maximum absolute atomic E-state index is 10.6. The highest BCUT2D eigenvalue weighted by molar-refractivity contribution is 7.99. The number of aliphatic carboxylic acids is 1. The van der Waals surface area contributed by atoms with E-state index in [0.29, 0.717) is 23.1 Å². The largest absolute Gasteiger partial charge is 0.494 e. The summed E-state index contributed by atoms with van der Waals surface area (Å²) in [7, 11) is 0. The van der Waals surface area contributed by atoms with Gasteiger partial charge >= 0.3 is 5.97 Å². The summed E-state index contributed by atoms with van der Waals surface area (Å²) >= 11 is 7.96. The minimum atomic E-state index is -1.03. The summed E-state index contributed by atoms with van der Waals surface area (Å²) in [6.07, 6.45) is 2.18. The van der Waals surface area contributed by atoms with Crippen molar-refractivity contribution in [3.63, 3.8) is 0 Å². The van der Waals surface area contributed by atoms with Gasteiger partial charge in [-0.3, -0.25) is 0 Å². The maximum atomic E-state index is 10.6. The van der Waals surface area contributed by atoms with Crippen LogP contribution >= 0.6 is 23.4 Å². The number of ether oxygens (including phenoxy) is 2. The molecule has 0 heterocycles. The number of thioether (sulfide) groups is 1. The van der Waals surface area contributed by atoms with Gasteiger partial charge in [0, 0.05) is 10.6 Å². The van der Waals surface area contributed by atoms with Crippen molar-refractivity contribution in [3.05, 3.63) is 95.0 Å². The van der Waals surface area contributed by atoms with Gasteiger partial charge in [0.15, 0.2) is 6.61 Å². The van der Waals surface area contributed by atoms with Gasteiger partial charge in [-0.25, -0.2) is 4.79 Å². The number of carboxylic acid groups (broad SMARTS) is 1. The third-order valence-electron chi connectivity index (χ3n) is 4.35. The van der Waals surface area contributed by atoms with E-state index in [2.05, 4.69) is 30.3 Å². The molecular formula is C25H23ClO4S. The van der Waals surface area contributed by atoms with E-state index in [9.17, 15) is 4.79 Å². The third-order valence-corrected chi connectivity index (χ3v) is 5.78. The Bertz CT molecular complexity index is 1030. The van der Waals surface area contributed by atoms with E-state index >= 15 is 0 Å². The van der Waals surface area contributed by atoms with Crippen LogP contribution in [0.4, 0.5) is 0 Å². The molecule has 3 aromatic rings. The predicted molar refractivity (Wildman–Crippen MR) is 126 cm³/mol. The molecule has 6 heteroatoms. The Kier molecular flexibility index (Phi) is 8.44. The average molecular weight is 455 g/mol. The van der Waals surface area contributed by atoms with Crippen LogP contribution in [-0.2, 0) is 4.79 Å². The summed E-state index contributed by atoms with van der Waals surface area (Å²) in [6.45, 7) is 2.21. The summed E-state index contributed by atoms with van der Waals surface area (Å²) in [5.74, 6) is 0.978. The van der Waals surface area contributed by atoms with Gasteiger partial charge in [0.1, 0.15) is 11.5 Å². The van der Waals surface area contributed by atoms with Gasteiger partial charge in [-0.15, -0.1) is 11.8 Å². The normalized spacial score (nSPS) is 11.2. The van der Waals surface area contributed by atoms with Crippen LogP contribution in [0.15, 0.2) is 83.8 Å².